The number of thioether (sulfide) groups is 1. The molecule has 0 aromatic rings. The number of carboxylic acids is 1. The van der Waals surface area contributed by atoms with Gasteiger partial charge < -0.3 is 52.8 Å². The van der Waals surface area contributed by atoms with E-state index >= 15 is 0 Å². The molecule has 8 heterocycles. The minimum Gasteiger partial charge on any atom is -0.481 e. The molecule has 322 valence electrons. The fourth-order valence-electron chi connectivity index (χ4n) is 15.8. The molecule has 18 atom stereocenters. The van der Waals surface area contributed by atoms with Crippen LogP contribution >= 0.6 is 11.8 Å². The van der Waals surface area contributed by atoms with E-state index in [0.717, 1.165) is 62.2 Å². The Morgan fingerprint density at radius 3 is 1.71 bits per heavy atom. The number of cyclic esters (lactones) is 2. The second-order valence-electron chi connectivity index (χ2n) is 20.9. The Kier molecular flexibility index (Phi) is 7.42. The van der Waals surface area contributed by atoms with E-state index in [4.69, 9.17) is 52.5 Å². The summed E-state index contributed by atoms with van der Waals surface area (Å²) in [5, 5.41) is 18.9. The highest BCUT2D eigenvalue weighted by molar-refractivity contribution is 7.98. The van der Waals surface area contributed by atoms with E-state index < -0.39 is 34.5 Å². The standard InChI is InChI=1S/C22H28O6S.C20H24O6.C2H4O2/c1-10(2)20-15(27-20)16-22(28-16)19(3)6-5-11-12(8-24-17(11)23)13(19)7-14-21(22,26-14)18(20)25-9-29-4;1-8(2)18-13(25-18)14-20(26-14)17(3)5-4-9-10(7-23-15(9)21)11(17)6-12-19(20,24-12)16(18)22;1-2(3)4/h10,13-16,18H,5-9H2,1-4H3;8,11-14,16,22H,4-7H2,1-3H3;1H3,(H,3,4)/t13-,14-,15-,16-,18+,19-,20-,21+,22+;11-,12-,13-,14-,16+,17-,18-,19+,20+;/m00./s1. The number of rotatable bonds is 5. The topological polar surface area (TPSA) is 195 Å². The van der Waals surface area contributed by atoms with Gasteiger partial charge in [0.05, 0.1) is 18.1 Å². The molecule has 59 heavy (non-hydrogen) atoms. The number of ether oxygens (including phenoxy) is 9. The first-order chi connectivity index (χ1) is 28.0. The zero-order valence-corrected chi connectivity index (χ0v) is 35.8. The molecule has 10 fully saturated rings. The van der Waals surface area contributed by atoms with Gasteiger partial charge in [0.2, 0.25) is 0 Å². The molecule has 14 aliphatic rings. The lowest BCUT2D eigenvalue weighted by atomic mass is 9.46. The van der Waals surface area contributed by atoms with Gasteiger partial charge in [-0.1, -0.05) is 41.5 Å². The van der Waals surface area contributed by atoms with E-state index in [0.29, 0.717) is 25.1 Å². The number of epoxide rings is 6. The summed E-state index contributed by atoms with van der Waals surface area (Å²) in [4.78, 5) is 33.3. The number of aliphatic hydroxyl groups is 1. The molecule has 2 N–H and O–H groups in total. The van der Waals surface area contributed by atoms with Crippen LogP contribution < -0.4 is 0 Å². The first kappa shape index (κ1) is 38.6. The van der Waals surface area contributed by atoms with Crippen molar-refractivity contribution in [2.75, 3.05) is 25.4 Å². The fraction of sp³-hybridized carbons (Fsp3) is 0.841. The summed E-state index contributed by atoms with van der Waals surface area (Å²) in [6, 6.07) is 0. The molecule has 14 rings (SSSR count). The van der Waals surface area contributed by atoms with Gasteiger partial charge in [-0.15, -0.1) is 11.8 Å². The molecule has 14 nitrogen and oxygen atoms in total. The van der Waals surface area contributed by atoms with Crippen molar-refractivity contribution in [2.45, 2.75) is 169 Å². The lowest BCUT2D eigenvalue weighted by molar-refractivity contribution is -0.137. The van der Waals surface area contributed by atoms with Crippen LogP contribution in [0, 0.1) is 34.5 Å². The van der Waals surface area contributed by atoms with E-state index in [1.54, 1.807) is 11.8 Å². The van der Waals surface area contributed by atoms with Gasteiger partial charge in [0.1, 0.15) is 72.2 Å². The van der Waals surface area contributed by atoms with Crippen LogP contribution in [0.2, 0.25) is 0 Å². The number of hydrogen-bond acceptors (Lipinski definition) is 14. The lowest BCUT2D eigenvalue weighted by Crippen LogP contribution is -2.69. The van der Waals surface area contributed by atoms with Crippen molar-refractivity contribution in [1.29, 1.82) is 0 Å². The number of carbonyl (C=O) groups is 3. The predicted molar refractivity (Wildman–Crippen MR) is 205 cm³/mol. The summed E-state index contributed by atoms with van der Waals surface area (Å²) in [5.74, 6) is 0.593. The molecular formula is C44H56O14S. The van der Waals surface area contributed by atoms with E-state index in [9.17, 15) is 14.7 Å². The Bertz CT molecular complexity index is 2070. The van der Waals surface area contributed by atoms with Gasteiger partial charge in [0.15, 0.2) is 11.2 Å². The molecule has 15 heteroatoms. The molecular weight excluding hydrogens is 785 g/mol. The highest BCUT2D eigenvalue weighted by Gasteiger charge is 3.02. The molecule has 4 spiro atoms. The van der Waals surface area contributed by atoms with Crippen LogP contribution in [0.1, 0.15) is 87.0 Å². The minimum absolute atomic E-state index is 0.00808. The Morgan fingerprint density at radius 2 is 1.20 bits per heavy atom. The van der Waals surface area contributed by atoms with Gasteiger partial charge in [-0.3, -0.25) is 4.79 Å². The third kappa shape index (κ3) is 3.99. The Hall–Kier alpha value is -2.08. The molecule has 4 saturated carbocycles. The molecule has 6 aliphatic carbocycles. The monoisotopic (exact) mass is 840 g/mol. The third-order valence-electron chi connectivity index (χ3n) is 18.5. The number of carboxylic acid groups (broad SMARTS) is 1. The van der Waals surface area contributed by atoms with Crippen molar-refractivity contribution >= 4 is 29.7 Å². The van der Waals surface area contributed by atoms with E-state index in [1.807, 2.05) is 0 Å². The molecule has 8 aliphatic heterocycles. The molecule has 0 unspecified atom stereocenters. The van der Waals surface area contributed by atoms with Crippen molar-refractivity contribution in [3.8, 4) is 0 Å². The molecule has 0 aromatic heterocycles. The van der Waals surface area contributed by atoms with Gasteiger partial charge >= 0.3 is 11.9 Å². The quantitative estimate of drug-likeness (QED) is 0.231. The Balaban J connectivity index is 0.000000118. The van der Waals surface area contributed by atoms with Crippen LogP contribution in [0.3, 0.4) is 0 Å². The highest BCUT2D eigenvalue weighted by atomic mass is 32.2. The maximum absolute atomic E-state index is 12.2. The molecule has 0 aromatic carbocycles. The average molecular weight is 841 g/mol. The first-order valence-electron chi connectivity index (χ1n) is 21.8. The van der Waals surface area contributed by atoms with Crippen LogP contribution in [0.5, 0.6) is 0 Å². The second kappa shape index (κ2) is 11.3. The number of aliphatic hydroxyl groups excluding tert-OH is 1. The molecule has 6 saturated heterocycles. The molecule has 0 amide bonds. The largest absolute Gasteiger partial charge is 0.481 e. The summed E-state index contributed by atoms with van der Waals surface area (Å²) < 4.78 is 56.1. The van der Waals surface area contributed by atoms with E-state index in [1.165, 1.54) is 5.57 Å². The lowest BCUT2D eigenvalue weighted by Gasteiger charge is -2.54. The van der Waals surface area contributed by atoms with Gasteiger partial charge in [-0.2, -0.15) is 0 Å². The number of carbonyl (C=O) groups excluding carboxylic acids is 2. The zero-order valence-electron chi connectivity index (χ0n) is 35.0. The van der Waals surface area contributed by atoms with Crippen LogP contribution in [-0.4, -0.2) is 136 Å². The number of aliphatic carboxylic acids is 1. The van der Waals surface area contributed by atoms with Crippen molar-refractivity contribution < 1.29 is 67.2 Å². The van der Waals surface area contributed by atoms with Crippen molar-refractivity contribution in [2.24, 2.45) is 34.5 Å². The molecule has 0 radical (unpaired) electrons. The van der Waals surface area contributed by atoms with Crippen LogP contribution in [0.4, 0.5) is 0 Å². The summed E-state index contributed by atoms with van der Waals surface area (Å²) in [6.45, 7) is 15.3. The van der Waals surface area contributed by atoms with Crippen molar-refractivity contribution in [3.05, 3.63) is 22.3 Å². The smallest absolute Gasteiger partial charge is 0.334 e. The summed E-state index contributed by atoms with van der Waals surface area (Å²) in [5.41, 5.74) is 1.16. The summed E-state index contributed by atoms with van der Waals surface area (Å²) in [7, 11) is 0. The zero-order chi connectivity index (χ0) is 41.4. The number of esters is 2. The fourth-order valence-corrected chi connectivity index (χ4v) is 16.0. The van der Waals surface area contributed by atoms with Gasteiger partial charge in [0, 0.05) is 28.9 Å². The van der Waals surface area contributed by atoms with Gasteiger partial charge in [0.25, 0.3) is 5.97 Å². The highest BCUT2D eigenvalue weighted by Crippen LogP contribution is 2.85. The number of hydrogen-bond donors (Lipinski definition) is 2. The number of fused-ring (bicyclic) bond motifs is 8. The Morgan fingerprint density at radius 1 is 0.746 bits per heavy atom. The SMILES string of the molecule is CC(=O)O.CC(C)[C@]12O[C@H]1[C@@H]1O[C@]13[C@]1(O[C@H]1C[C@H]1C4=C(CC[C@@]13C)C(=O)OC4)[C@@H]2O.CSCO[C@@H]1[C@@]2(C(C)C)O[C@H]2[C@@H]2O[C@]23[C@]12O[C@H]2C[C@H]1C2=C(CC[C@@]13C)C(=O)OC2. The van der Waals surface area contributed by atoms with Crippen LogP contribution in [-0.2, 0) is 57.0 Å². The first-order valence-corrected chi connectivity index (χ1v) is 23.2. The van der Waals surface area contributed by atoms with Gasteiger partial charge in [-0.25, -0.2) is 9.59 Å². The summed E-state index contributed by atoms with van der Waals surface area (Å²) >= 11 is 1.69. The van der Waals surface area contributed by atoms with Crippen LogP contribution in [0.25, 0.3) is 0 Å². The van der Waals surface area contributed by atoms with E-state index in [2.05, 4.69) is 47.8 Å². The van der Waals surface area contributed by atoms with E-state index in [-0.39, 0.29) is 94.5 Å². The summed E-state index contributed by atoms with van der Waals surface area (Å²) in [6.07, 6.45) is 6.53. The second-order valence-corrected chi connectivity index (χ2v) is 21.7. The molecule has 0 bridgehead atoms. The maximum Gasteiger partial charge on any atom is 0.334 e. The van der Waals surface area contributed by atoms with Crippen molar-refractivity contribution in [1.82, 2.24) is 0 Å². The van der Waals surface area contributed by atoms with Gasteiger partial charge in [-0.05, 0) is 79.6 Å². The predicted octanol–water partition coefficient (Wildman–Crippen LogP) is 3.64. The third-order valence-corrected chi connectivity index (χ3v) is 18.9. The minimum atomic E-state index is -0.833. The van der Waals surface area contributed by atoms with Crippen LogP contribution in [0.15, 0.2) is 22.3 Å². The maximum atomic E-state index is 12.2. The van der Waals surface area contributed by atoms with Crippen molar-refractivity contribution in [3.63, 3.8) is 0 Å². The Labute approximate surface area is 347 Å². The normalized spacial score (nSPS) is 56.7. The average Bonchev–Trinajstić information content (AvgIpc) is 3.95.